The van der Waals surface area contributed by atoms with Crippen LogP contribution in [0.2, 0.25) is 0 Å². The van der Waals surface area contributed by atoms with Crippen molar-refractivity contribution in [2.45, 2.75) is 79.5 Å². The Balaban J connectivity index is 1.50. The van der Waals surface area contributed by atoms with Crippen LogP contribution in [0.1, 0.15) is 50.5 Å². The molecule has 0 radical (unpaired) electrons. The highest BCUT2D eigenvalue weighted by Crippen LogP contribution is 2.66. The van der Waals surface area contributed by atoms with Crippen LogP contribution in [0, 0.1) is 11.8 Å². The van der Waals surface area contributed by atoms with Crippen molar-refractivity contribution in [2.75, 3.05) is 13.7 Å². The smallest absolute Gasteiger partial charge is 0.244 e. The van der Waals surface area contributed by atoms with Gasteiger partial charge in [-0.2, -0.15) is 0 Å². The molecule has 1 aromatic carbocycles. The molecule has 1 spiro atoms. The number of amides is 3. The molecule has 3 saturated heterocycles. The van der Waals surface area contributed by atoms with E-state index in [0.29, 0.717) is 6.42 Å². The number of hydrogen-bond donors (Lipinski definition) is 3. The number of benzene rings is 1. The van der Waals surface area contributed by atoms with E-state index < -0.39 is 28.7 Å². The molecule has 3 amide bonds. The summed E-state index contributed by atoms with van der Waals surface area (Å²) in [5.74, 6) is -1.33. The van der Waals surface area contributed by atoms with E-state index in [2.05, 4.69) is 10.6 Å². The second-order valence-corrected chi connectivity index (χ2v) is 11.9. The maximum Gasteiger partial charge on any atom is 0.244 e. The highest BCUT2D eigenvalue weighted by Gasteiger charge is 2.74. The number of rotatable bonds is 7. The molecule has 4 fully saturated rings. The fourth-order valence-electron chi connectivity index (χ4n) is 6.91. The normalized spacial score (nSPS) is 33.6. The van der Waals surface area contributed by atoms with Crippen molar-refractivity contribution in [1.29, 1.82) is 0 Å². The molecule has 8 heteroatoms. The number of carbonyl (C=O) groups is 3. The molecule has 34 heavy (non-hydrogen) atoms. The summed E-state index contributed by atoms with van der Waals surface area (Å²) >= 11 is 1.68. The summed E-state index contributed by atoms with van der Waals surface area (Å²) in [5.41, 5.74) is 1.01. The Morgan fingerprint density at radius 3 is 2.56 bits per heavy atom. The Hall–Kier alpha value is -2.06. The number of carbonyl (C=O) groups excluding carboxylic acids is 3. The molecule has 7 nitrogen and oxygen atoms in total. The van der Waals surface area contributed by atoms with Crippen molar-refractivity contribution in [3.05, 3.63) is 35.9 Å². The van der Waals surface area contributed by atoms with Gasteiger partial charge in [0.25, 0.3) is 0 Å². The SMILES string of the molecule is CNC(=O)[C@@H]1[C@H]2C(=O)N([C@@H](CO)Cc3ccccc3)C(C(=O)NC3CCCCC3)C23CC[C@H]1S3. The Labute approximate surface area is 205 Å². The molecular weight excluding hydrogens is 450 g/mol. The molecule has 1 aromatic rings. The lowest BCUT2D eigenvalue weighted by molar-refractivity contribution is -0.142. The van der Waals surface area contributed by atoms with Gasteiger partial charge in [-0.15, -0.1) is 11.8 Å². The number of nitrogens with one attached hydrogen (secondary N) is 2. The van der Waals surface area contributed by atoms with Crippen molar-refractivity contribution in [3.8, 4) is 0 Å². The van der Waals surface area contributed by atoms with Gasteiger partial charge >= 0.3 is 0 Å². The predicted octanol–water partition coefficient (Wildman–Crippen LogP) is 1.88. The van der Waals surface area contributed by atoms with Gasteiger partial charge in [-0.1, -0.05) is 49.6 Å². The minimum absolute atomic E-state index is 0.0581. The molecule has 5 rings (SSSR count). The average molecular weight is 486 g/mol. The monoisotopic (exact) mass is 485 g/mol. The van der Waals surface area contributed by atoms with Crippen LogP contribution in [0.3, 0.4) is 0 Å². The molecule has 3 N–H and O–H groups in total. The standard InChI is InChI=1S/C26H35N3O4S/c1-27-23(31)20-19-12-13-26(34-19)21(20)25(33)29(18(15-30)14-16-8-4-2-5-9-16)22(26)24(32)28-17-10-6-3-7-11-17/h2,4-5,8-9,17-22,30H,3,6-7,10-15H2,1H3,(H,27,31)(H,28,32)/t18-,19-,20+,21+,22?,26?/m1/s1. The maximum atomic E-state index is 14.0. The van der Waals surface area contributed by atoms with E-state index in [9.17, 15) is 19.5 Å². The summed E-state index contributed by atoms with van der Waals surface area (Å²) in [5, 5.41) is 16.5. The van der Waals surface area contributed by atoms with E-state index in [1.165, 1.54) is 6.42 Å². The zero-order valence-corrected chi connectivity index (χ0v) is 20.6. The Bertz CT molecular complexity index is 937. The summed E-state index contributed by atoms with van der Waals surface area (Å²) in [6, 6.07) is 8.73. The lowest BCUT2D eigenvalue weighted by Crippen LogP contribution is -2.58. The first-order chi connectivity index (χ1) is 16.5. The van der Waals surface area contributed by atoms with Gasteiger partial charge in [-0.3, -0.25) is 14.4 Å². The van der Waals surface area contributed by atoms with Gasteiger partial charge in [-0.05, 0) is 37.7 Å². The van der Waals surface area contributed by atoms with Crippen LogP contribution in [0.4, 0.5) is 0 Å². The van der Waals surface area contributed by atoms with Crippen LogP contribution in [-0.2, 0) is 20.8 Å². The molecule has 6 atom stereocenters. The number of fused-ring (bicyclic) bond motifs is 1. The molecule has 1 aliphatic carbocycles. The van der Waals surface area contributed by atoms with Crippen molar-refractivity contribution in [3.63, 3.8) is 0 Å². The van der Waals surface area contributed by atoms with E-state index in [0.717, 1.165) is 44.1 Å². The molecule has 0 aromatic heterocycles. The third kappa shape index (κ3) is 3.83. The quantitative estimate of drug-likeness (QED) is 0.548. The number of hydrogen-bond acceptors (Lipinski definition) is 5. The molecule has 184 valence electrons. The van der Waals surface area contributed by atoms with Crippen molar-refractivity contribution >= 4 is 29.5 Å². The second kappa shape index (κ2) is 9.53. The van der Waals surface area contributed by atoms with E-state index >= 15 is 0 Å². The fraction of sp³-hybridized carbons (Fsp3) is 0.654. The van der Waals surface area contributed by atoms with Crippen LogP contribution in [0.25, 0.3) is 0 Å². The molecule has 2 unspecified atom stereocenters. The first kappa shape index (κ1) is 23.7. The molecule has 3 heterocycles. The third-order valence-corrected chi connectivity index (χ3v) is 10.4. The first-order valence-corrected chi connectivity index (χ1v) is 13.5. The molecule has 3 aliphatic heterocycles. The highest BCUT2D eigenvalue weighted by molar-refractivity contribution is 8.02. The zero-order valence-electron chi connectivity index (χ0n) is 19.7. The van der Waals surface area contributed by atoms with E-state index in [4.69, 9.17) is 0 Å². The summed E-state index contributed by atoms with van der Waals surface area (Å²) in [6.07, 6.45) is 7.38. The van der Waals surface area contributed by atoms with Crippen LogP contribution >= 0.6 is 11.8 Å². The van der Waals surface area contributed by atoms with Gasteiger partial charge in [-0.25, -0.2) is 0 Å². The number of aliphatic hydroxyl groups excluding tert-OH is 1. The molecule has 4 aliphatic rings. The van der Waals surface area contributed by atoms with E-state index in [1.54, 1.807) is 23.7 Å². The first-order valence-electron chi connectivity index (χ1n) is 12.7. The lowest BCUT2D eigenvalue weighted by Gasteiger charge is -2.38. The van der Waals surface area contributed by atoms with Crippen LogP contribution in [0.5, 0.6) is 0 Å². The number of aliphatic hydroxyl groups is 1. The van der Waals surface area contributed by atoms with Crippen LogP contribution < -0.4 is 10.6 Å². The van der Waals surface area contributed by atoms with Gasteiger partial charge < -0.3 is 20.6 Å². The van der Waals surface area contributed by atoms with E-state index in [-0.39, 0.29) is 35.6 Å². The van der Waals surface area contributed by atoms with Gasteiger partial charge in [0.05, 0.1) is 29.2 Å². The van der Waals surface area contributed by atoms with Gasteiger partial charge in [0.15, 0.2) is 0 Å². The predicted molar refractivity (Wildman–Crippen MR) is 131 cm³/mol. The molecular formula is C26H35N3O4S. The lowest BCUT2D eigenvalue weighted by atomic mass is 9.70. The Kier molecular flexibility index (Phi) is 6.64. The Morgan fingerprint density at radius 1 is 1.15 bits per heavy atom. The molecule has 1 saturated carbocycles. The van der Waals surface area contributed by atoms with Crippen molar-refractivity contribution < 1.29 is 19.5 Å². The van der Waals surface area contributed by atoms with Gasteiger partial charge in [0, 0.05) is 18.3 Å². The van der Waals surface area contributed by atoms with Gasteiger partial charge in [0.2, 0.25) is 17.7 Å². The summed E-state index contributed by atoms with van der Waals surface area (Å²) in [6.45, 7) is -0.227. The minimum atomic E-state index is -0.669. The van der Waals surface area contributed by atoms with Crippen molar-refractivity contribution in [2.24, 2.45) is 11.8 Å². The van der Waals surface area contributed by atoms with Crippen LogP contribution in [-0.4, -0.2) is 69.5 Å². The molecule has 2 bridgehead atoms. The van der Waals surface area contributed by atoms with E-state index in [1.807, 2.05) is 30.3 Å². The Morgan fingerprint density at radius 2 is 1.88 bits per heavy atom. The average Bonchev–Trinajstić information content (AvgIpc) is 3.50. The van der Waals surface area contributed by atoms with Gasteiger partial charge in [0.1, 0.15) is 6.04 Å². The number of nitrogens with zero attached hydrogens (tertiary/aromatic N) is 1. The van der Waals surface area contributed by atoms with Crippen LogP contribution in [0.15, 0.2) is 30.3 Å². The topological polar surface area (TPSA) is 98.7 Å². The summed E-state index contributed by atoms with van der Waals surface area (Å²) < 4.78 is -0.609. The fourth-order valence-corrected chi connectivity index (χ4v) is 9.12. The largest absolute Gasteiger partial charge is 0.394 e. The maximum absolute atomic E-state index is 14.0. The third-order valence-electron chi connectivity index (χ3n) is 8.41. The number of thioether (sulfide) groups is 1. The summed E-state index contributed by atoms with van der Waals surface area (Å²) in [4.78, 5) is 42.5. The second-order valence-electron chi connectivity index (χ2n) is 10.3. The number of likely N-dealkylation sites (tertiary alicyclic amines) is 1. The zero-order chi connectivity index (χ0) is 23.9. The highest BCUT2D eigenvalue weighted by atomic mass is 32.2. The minimum Gasteiger partial charge on any atom is -0.394 e. The van der Waals surface area contributed by atoms with Crippen molar-refractivity contribution in [1.82, 2.24) is 15.5 Å². The summed E-state index contributed by atoms with van der Waals surface area (Å²) in [7, 11) is 1.61.